The Morgan fingerprint density at radius 2 is 0.503 bits per heavy atom. The summed E-state index contributed by atoms with van der Waals surface area (Å²) in [5, 5.41) is 12.4. The normalized spacial score (nSPS) is 12.3. The van der Waals surface area contributed by atoms with Crippen LogP contribution in [0.2, 0.25) is 10.0 Å². The van der Waals surface area contributed by atoms with Gasteiger partial charge >= 0.3 is 0 Å². The van der Waals surface area contributed by atoms with Gasteiger partial charge in [0.15, 0.2) is 11.4 Å². The molecule has 147 heavy (non-hydrogen) atoms. The standard InChI is InChI=1S/2C21H14N2OS.2C20H14ClNOS.C20H14N2O3S.C20H15NOS/c1-14-7-9-15(10-8-14)21(24)23-17-5-3-4-6-19(17)25-20-12-11-16(22-2)13-18(20)23;1-14-7-9-15(10-8-14)21(24)23-17-5-3-4-6-19(17)25-20-13-16(22-2)11-12-18(20)23;1-13-10-11-14(12-15(13)21)20(23)22-16-6-2-4-8-18(16)24-19-9-5-3-7-17(19)22;1-13-6-2-3-7-15(13)20(23)22-16-8-4-5-9-18(16)24-19-11-10-14(21)12-17(19)22;1-13-6-8-14(9-7-13)20(23)21-16-4-2-3-5-18(16)26-19-11-10-15(22(24)25)12-17(19)21;1-14-10-12-15(13-11-14)20(22)21-16-6-2-4-8-18(16)23-19-9-5-3-7-17(19)21/h2*3-13H,1H3;2*2-12H,1H3;2-12H,1H3;2-13H,1H3. The van der Waals surface area contributed by atoms with Crippen LogP contribution in [0.25, 0.3) is 9.69 Å². The first kappa shape index (κ1) is 99.6. The molecule has 6 aliphatic heterocycles. The smallest absolute Gasteiger partial charge is 0.271 e. The van der Waals surface area contributed by atoms with E-state index in [-0.39, 0.29) is 41.1 Å². The van der Waals surface area contributed by atoms with Gasteiger partial charge in [0.1, 0.15) is 0 Å². The number of hydrogen-bond donors (Lipinski definition) is 0. The molecule has 0 bridgehead atoms. The Balaban J connectivity index is 0.000000111. The molecule has 0 aliphatic carbocycles. The number of carbonyl (C=O) groups excluding carboxylic acids is 6. The van der Waals surface area contributed by atoms with Crippen molar-refractivity contribution in [3.63, 3.8) is 0 Å². The second-order valence-electron chi connectivity index (χ2n) is 34.5. The number of halogens is 2. The number of fused-ring (bicyclic) bond motifs is 12. The van der Waals surface area contributed by atoms with Crippen LogP contribution >= 0.6 is 93.8 Å². The maximum atomic E-state index is 13.3. The summed E-state index contributed by atoms with van der Waals surface area (Å²) in [5.41, 5.74) is 21.2. The third kappa shape index (κ3) is 21.3. The number of nitro groups is 1. The van der Waals surface area contributed by atoms with Crippen LogP contribution in [0.3, 0.4) is 0 Å². The van der Waals surface area contributed by atoms with Crippen molar-refractivity contribution >= 4 is 215 Å². The van der Waals surface area contributed by atoms with E-state index >= 15 is 0 Å². The average Bonchev–Trinajstić information content (AvgIpc) is 0.757. The first-order chi connectivity index (χ1) is 71.4. The zero-order valence-corrected chi connectivity index (χ0v) is 86.1. The van der Waals surface area contributed by atoms with Crippen LogP contribution in [-0.4, -0.2) is 40.4 Å². The third-order valence-corrected chi connectivity index (χ3v) is 32.0. The summed E-state index contributed by atoms with van der Waals surface area (Å²) >= 11 is 22.2. The molecular formula is C122H85Cl2N9O8S6. The zero-order chi connectivity index (χ0) is 102. The molecule has 0 unspecified atom stereocenters. The summed E-state index contributed by atoms with van der Waals surface area (Å²) in [7, 11) is 0. The predicted octanol–water partition coefficient (Wildman–Crippen LogP) is 34.9. The van der Waals surface area contributed by atoms with Gasteiger partial charge in [0.2, 0.25) is 0 Å². The summed E-state index contributed by atoms with van der Waals surface area (Å²) in [4.78, 5) is 120. The van der Waals surface area contributed by atoms with Crippen molar-refractivity contribution in [2.75, 3.05) is 29.4 Å². The molecule has 0 spiro atoms. The van der Waals surface area contributed by atoms with Gasteiger partial charge < -0.3 is 0 Å². The highest BCUT2D eigenvalue weighted by Crippen LogP contribution is 2.57. The molecule has 0 saturated heterocycles. The van der Waals surface area contributed by atoms with E-state index in [2.05, 4.69) is 21.8 Å². The van der Waals surface area contributed by atoms with Crippen molar-refractivity contribution in [2.24, 2.45) is 0 Å². The number of non-ortho nitro benzene ring substituents is 1. The molecule has 24 rings (SSSR count). The maximum absolute atomic E-state index is 13.3. The lowest BCUT2D eigenvalue weighted by Crippen LogP contribution is -2.29. The fraction of sp³-hybridized carbons (Fsp3) is 0.0492. The van der Waals surface area contributed by atoms with Crippen LogP contribution in [0.15, 0.2) is 465 Å². The predicted molar refractivity (Wildman–Crippen MR) is 597 cm³/mol. The molecule has 0 atom stereocenters. The molecule has 6 aliphatic rings. The quantitative estimate of drug-likeness (QED) is 0.0837. The topological polar surface area (TPSA) is 174 Å². The van der Waals surface area contributed by atoms with E-state index in [0.29, 0.717) is 60.5 Å². The second kappa shape index (κ2) is 44.2. The number of aryl methyl sites for hydroxylation is 6. The molecule has 0 N–H and O–H groups in total. The van der Waals surface area contributed by atoms with E-state index in [9.17, 15) is 38.9 Å². The van der Waals surface area contributed by atoms with Crippen molar-refractivity contribution in [3.8, 4) is 0 Å². The van der Waals surface area contributed by atoms with E-state index in [1.807, 2.05) is 386 Å². The molecule has 18 aromatic carbocycles. The molecule has 17 nitrogen and oxygen atoms in total. The van der Waals surface area contributed by atoms with E-state index in [1.54, 1.807) is 126 Å². The molecule has 18 aromatic rings. The minimum absolute atomic E-state index is 0.00481. The van der Waals surface area contributed by atoms with Crippen molar-refractivity contribution in [2.45, 2.75) is 100 Å². The fourth-order valence-electron chi connectivity index (χ4n) is 17.0. The lowest BCUT2D eigenvalue weighted by molar-refractivity contribution is -0.384. The highest BCUT2D eigenvalue weighted by Gasteiger charge is 2.37. The monoisotopic (exact) mass is 2070 g/mol. The first-order valence-electron chi connectivity index (χ1n) is 46.5. The fourth-order valence-corrected chi connectivity index (χ4v) is 23.7. The SMILES string of the molecule is Cc1ccc(C(=O)N2c3ccccc3Sc3ccc([N+](=O)[O-])cc32)cc1.Cc1ccc(C(=O)N2c3ccccc3Sc3ccccc32)cc1.Cc1ccc(C(=O)N2c3ccccc3Sc3ccccc32)cc1Cl.Cc1ccccc1C(=O)N1c2ccccc2Sc2ccc(Cl)cc21.[C-]#[N+]c1ccc2c(c1)N(C(=O)c1ccc(C)cc1)c1ccccc1S2.[C-]#[N+]c1ccc2c(c1)Sc1ccccc1N2C(=O)c1ccc(C)cc1. The summed E-state index contributed by atoms with van der Waals surface area (Å²) in [6, 6.07) is 128. The molecule has 6 amide bonds. The molecule has 6 heterocycles. The molecule has 716 valence electrons. The number of anilines is 12. The van der Waals surface area contributed by atoms with Crippen molar-refractivity contribution < 1.29 is 33.7 Å². The van der Waals surface area contributed by atoms with Gasteiger partial charge in [-0.3, -0.25) is 68.3 Å². The van der Waals surface area contributed by atoms with Crippen LogP contribution in [0.5, 0.6) is 0 Å². The molecule has 0 fully saturated rings. The van der Waals surface area contributed by atoms with Gasteiger partial charge in [-0.25, -0.2) is 9.69 Å². The lowest BCUT2D eigenvalue weighted by Gasteiger charge is -2.31. The third-order valence-electron chi connectivity index (χ3n) is 24.6. The van der Waals surface area contributed by atoms with Crippen molar-refractivity contribution in [3.05, 3.63) is 516 Å². The van der Waals surface area contributed by atoms with Gasteiger partial charge in [-0.15, -0.1) is 0 Å². The van der Waals surface area contributed by atoms with Crippen molar-refractivity contribution in [1.29, 1.82) is 0 Å². The molecule has 0 aromatic heterocycles. The van der Waals surface area contributed by atoms with Crippen LogP contribution < -0.4 is 29.4 Å². The summed E-state index contributed by atoms with van der Waals surface area (Å²) < 4.78 is 0. The second-order valence-corrected chi connectivity index (χ2v) is 41.8. The summed E-state index contributed by atoms with van der Waals surface area (Å²) in [6.07, 6.45) is 0. The van der Waals surface area contributed by atoms with E-state index in [4.69, 9.17) is 36.3 Å². The minimum atomic E-state index is -0.444. The van der Waals surface area contributed by atoms with Gasteiger partial charge in [0, 0.05) is 114 Å². The number of nitrogens with zero attached hydrogens (tertiary/aromatic N) is 9. The number of nitro benzene ring substituents is 1. The van der Waals surface area contributed by atoms with E-state index in [1.165, 1.54) is 23.9 Å². The van der Waals surface area contributed by atoms with E-state index in [0.717, 1.165) is 155 Å². The lowest BCUT2D eigenvalue weighted by atomic mass is 10.1. The number of rotatable bonds is 7. The molecular weight excluding hydrogens is 1980 g/mol. The zero-order valence-electron chi connectivity index (χ0n) is 79.7. The Bertz CT molecular complexity index is 8280. The van der Waals surface area contributed by atoms with Crippen LogP contribution in [0.4, 0.5) is 85.3 Å². The van der Waals surface area contributed by atoms with Crippen LogP contribution in [0, 0.1) is 64.8 Å². The summed E-state index contributed by atoms with van der Waals surface area (Å²) in [6.45, 7) is 26.4. The van der Waals surface area contributed by atoms with Gasteiger partial charge in [-0.2, -0.15) is 0 Å². The summed E-state index contributed by atoms with van der Waals surface area (Å²) in [5.74, 6) is -0.466. The van der Waals surface area contributed by atoms with Crippen LogP contribution in [0.1, 0.15) is 95.5 Å². The minimum Gasteiger partial charge on any atom is -0.276 e. The number of benzene rings is 18. The first-order valence-corrected chi connectivity index (χ1v) is 52.1. The van der Waals surface area contributed by atoms with Crippen LogP contribution in [-0.2, 0) is 0 Å². The number of amides is 6. The highest BCUT2D eigenvalue weighted by atomic mass is 35.5. The van der Waals surface area contributed by atoms with Gasteiger partial charge in [0.25, 0.3) is 41.1 Å². The molecule has 0 saturated carbocycles. The van der Waals surface area contributed by atoms with Gasteiger partial charge in [0.05, 0.1) is 86.3 Å². The number of para-hydroxylation sites is 8. The Kier molecular flexibility index (Phi) is 29.9. The van der Waals surface area contributed by atoms with Gasteiger partial charge in [-0.1, -0.05) is 304 Å². The highest BCUT2D eigenvalue weighted by molar-refractivity contribution is 8.01. The number of hydrogen-bond acceptors (Lipinski definition) is 14. The van der Waals surface area contributed by atoms with E-state index < -0.39 is 4.92 Å². The Hall–Kier alpha value is -16.2. The largest absolute Gasteiger partial charge is 0.276 e. The Morgan fingerprint density at radius 1 is 0.245 bits per heavy atom. The molecule has 25 heteroatoms. The average molecular weight is 2070 g/mol. The van der Waals surface area contributed by atoms with Gasteiger partial charge in [-0.05, 0) is 259 Å². The maximum Gasteiger partial charge on any atom is 0.271 e. The Labute approximate surface area is 886 Å². The van der Waals surface area contributed by atoms with Crippen molar-refractivity contribution in [1.82, 2.24) is 0 Å². The Morgan fingerprint density at radius 3 is 0.844 bits per heavy atom. The molecule has 0 radical (unpaired) electrons. The number of carbonyl (C=O) groups is 6.